The van der Waals surface area contributed by atoms with Gasteiger partial charge in [-0.05, 0) is 38.8 Å². The molecule has 15 heavy (non-hydrogen) atoms. The normalized spacial score (nSPS) is 11.0. The Kier molecular flexibility index (Phi) is 3.46. The van der Waals surface area contributed by atoms with Crippen molar-refractivity contribution in [3.8, 4) is 6.07 Å². The third-order valence-corrected chi connectivity index (χ3v) is 2.52. The van der Waals surface area contributed by atoms with E-state index in [1.54, 1.807) is 19.3 Å². The molecular weight excluding hydrogens is 186 g/mol. The van der Waals surface area contributed by atoms with E-state index in [2.05, 4.69) is 16.4 Å². The topological polar surface area (TPSA) is 48.7 Å². The highest BCUT2D eigenvalue weighted by Crippen LogP contribution is 2.19. The molecule has 1 aromatic heterocycles. The summed E-state index contributed by atoms with van der Waals surface area (Å²) in [6, 6.07) is 2.06. The standard InChI is InChI=1S/C12H15N3/c1-8(5-13)6-15-12-7-14-11(4)9(2)10(12)3/h6-7,15H,1-4H3/b8-6-. The van der Waals surface area contributed by atoms with E-state index >= 15 is 0 Å². The summed E-state index contributed by atoms with van der Waals surface area (Å²) in [6.45, 7) is 7.84. The van der Waals surface area contributed by atoms with E-state index in [4.69, 9.17) is 5.26 Å². The highest BCUT2D eigenvalue weighted by molar-refractivity contribution is 5.55. The molecule has 1 heterocycles. The molecule has 1 N–H and O–H groups in total. The summed E-state index contributed by atoms with van der Waals surface area (Å²) in [5.74, 6) is 0. The lowest BCUT2D eigenvalue weighted by Gasteiger charge is -2.09. The van der Waals surface area contributed by atoms with Gasteiger partial charge in [0.15, 0.2) is 0 Å². The van der Waals surface area contributed by atoms with Gasteiger partial charge in [-0.15, -0.1) is 0 Å². The maximum absolute atomic E-state index is 8.61. The molecule has 0 aliphatic rings. The summed E-state index contributed by atoms with van der Waals surface area (Å²) in [5, 5.41) is 11.7. The molecule has 0 saturated carbocycles. The summed E-state index contributed by atoms with van der Waals surface area (Å²) in [6.07, 6.45) is 3.48. The van der Waals surface area contributed by atoms with Crippen LogP contribution in [0.1, 0.15) is 23.7 Å². The average molecular weight is 201 g/mol. The van der Waals surface area contributed by atoms with Crippen molar-refractivity contribution in [1.82, 2.24) is 4.98 Å². The number of allylic oxidation sites excluding steroid dienone is 1. The largest absolute Gasteiger partial charge is 0.359 e. The van der Waals surface area contributed by atoms with Gasteiger partial charge in [-0.25, -0.2) is 0 Å². The zero-order chi connectivity index (χ0) is 11.4. The highest BCUT2D eigenvalue weighted by Gasteiger charge is 2.03. The van der Waals surface area contributed by atoms with Crippen LogP contribution in [0.15, 0.2) is 18.0 Å². The Labute approximate surface area is 90.5 Å². The van der Waals surface area contributed by atoms with Crippen molar-refractivity contribution in [2.75, 3.05) is 5.32 Å². The Morgan fingerprint density at radius 3 is 2.67 bits per heavy atom. The van der Waals surface area contributed by atoms with Crippen LogP contribution in [-0.2, 0) is 0 Å². The fourth-order valence-electron chi connectivity index (χ4n) is 1.19. The molecule has 0 aromatic carbocycles. The first kappa shape index (κ1) is 11.3. The maximum atomic E-state index is 8.61. The van der Waals surface area contributed by atoms with E-state index in [-0.39, 0.29) is 0 Å². The van der Waals surface area contributed by atoms with E-state index in [1.807, 2.05) is 20.8 Å². The van der Waals surface area contributed by atoms with Crippen molar-refractivity contribution in [3.05, 3.63) is 34.8 Å². The molecule has 0 unspecified atom stereocenters. The van der Waals surface area contributed by atoms with Crippen LogP contribution in [0.5, 0.6) is 0 Å². The molecule has 0 bridgehead atoms. The van der Waals surface area contributed by atoms with Crippen LogP contribution in [0.4, 0.5) is 5.69 Å². The third kappa shape index (κ3) is 2.57. The van der Waals surface area contributed by atoms with Crippen molar-refractivity contribution >= 4 is 5.69 Å². The number of rotatable bonds is 2. The van der Waals surface area contributed by atoms with E-state index in [0.717, 1.165) is 11.4 Å². The van der Waals surface area contributed by atoms with Crippen molar-refractivity contribution in [2.24, 2.45) is 0 Å². The zero-order valence-corrected chi connectivity index (χ0v) is 9.55. The lowest BCUT2D eigenvalue weighted by molar-refractivity contribution is 1.12. The number of aromatic nitrogens is 1. The first-order chi connectivity index (χ1) is 7.06. The van der Waals surface area contributed by atoms with Gasteiger partial charge in [-0.1, -0.05) is 0 Å². The van der Waals surface area contributed by atoms with Gasteiger partial charge in [0.2, 0.25) is 0 Å². The molecule has 1 rings (SSSR count). The first-order valence-electron chi connectivity index (χ1n) is 4.82. The summed E-state index contributed by atoms with van der Waals surface area (Å²) < 4.78 is 0. The van der Waals surface area contributed by atoms with Gasteiger partial charge in [0, 0.05) is 17.5 Å². The minimum absolute atomic E-state index is 0.646. The molecule has 0 amide bonds. The second-order valence-corrected chi connectivity index (χ2v) is 3.59. The van der Waals surface area contributed by atoms with Gasteiger partial charge in [0.1, 0.15) is 0 Å². The predicted molar refractivity (Wildman–Crippen MR) is 61.4 cm³/mol. The Morgan fingerprint density at radius 1 is 1.40 bits per heavy atom. The fraction of sp³-hybridized carbons (Fsp3) is 0.333. The van der Waals surface area contributed by atoms with Gasteiger partial charge in [0.25, 0.3) is 0 Å². The minimum Gasteiger partial charge on any atom is -0.359 e. The summed E-state index contributed by atoms with van der Waals surface area (Å²) in [5.41, 5.74) is 4.99. The number of hydrogen-bond acceptors (Lipinski definition) is 3. The second-order valence-electron chi connectivity index (χ2n) is 3.59. The summed E-state index contributed by atoms with van der Waals surface area (Å²) in [4.78, 5) is 4.27. The molecular formula is C12H15N3. The smallest absolute Gasteiger partial charge is 0.0959 e. The SMILES string of the molecule is C/C(C#N)=C/Nc1cnc(C)c(C)c1C. The van der Waals surface area contributed by atoms with Gasteiger partial charge in [0.05, 0.1) is 18.0 Å². The number of anilines is 1. The van der Waals surface area contributed by atoms with Crippen molar-refractivity contribution in [2.45, 2.75) is 27.7 Å². The number of hydrogen-bond donors (Lipinski definition) is 1. The van der Waals surface area contributed by atoms with Crippen LogP contribution in [0.2, 0.25) is 0 Å². The van der Waals surface area contributed by atoms with Crippen LogP contribution < -0.4 is 5.32 Å². The molecule has 0 aliphatic heterocycles. The molecule has 0 fully saturated rings. The van der Waals surface area contributed by atoms with E-state index < -0.39 is 0 Å². The maximum Gasteiger partial charge on any atom is 0.0959 e. The lowest BCUT2D eigenvalue weighted by atomic mass is 10.1. The molecule has 0 radical (unpaired) electrons. The second kappa shape index (κ2) is 4.61. The summed E-state index contributed by atoms with van der Waals surface area (Å²) >= 11 is 0. The number of aryl methyl sites for hydroxylation is 1. The Bertz CT molecular complexity index is 439. The Hall–Kier alpha value is -1.82. The molecule has 0 saturated heterocycles. The molecule has 3 heteroatoms. The number of nitriles is 1. The first-order valence-corrected chi connectivity index (χ1v) is 4.82. The third-order valence-electron chi connectivity index (χ3n) is 2.52. The van der Waals surface area contributed by atoms with Crippen LogP contribution in [0.25, 0.3) is 0 Å². The van der Waals surface area contributed by atoms with Crippen molar-refractivity contribution < 1.29 is 0 Å². The molecule has 78 valence electrons. The molecule has 1 aromatic rings. The quantitative estimate of drug-likeness (QED) is 0.748. The molecule has 3 nitrogen and oxygen atoms in total. The Balaban J connectivity index is 2.99. The fourth-order valence-corrected chi connectivity index (χ4v) is 1.19. The Morgan fingerprint density at radius 2 is 2.07 bits per heavy atom. The average Bonchev–Trinajstić information content (AvgIpc) is 2.24. The van der Waals surface area contributed by atoms with Crippen molar-refractivity contribution in [3.63, 3.8) is 0 Å². The minimum atomic E-state index is 0.646. The highest BCUT2D eigenvalue weighted by atomic mass is 14.9. The number of pyridine rings is 1. The number of nitrogens with one attached hydrogen (secondary N) is 1. The van der Waals surface area contributed by atoms with Crippen LogP contribution in [0.3, 0.4) is 0 Å². The van der Waals surface area contributed by atoms with E-state index in [1.165, 1.54) is 11.1 Å². The van der Waals surface area contributed by atoms with Gasteiger partial charge in [-0.2, -0.15) is 5.26 Å². The van der Waals surface area contributed by atoms with Gasteiger partial charge in [-0.3, -0.25) is 4.98 Å². The molecule has 0 aliphatic carbocycles. The monoisotopic (exact) mass is 201 g/mol. The molecule has 0 atom stereocenters. The van der Waals surface area contributed by atoms with Crippen molar-refractivity contribution in [1.29, 1.82) is 5.26 Å². The van der Waals surface area contributed by atoms with E-state index in [9.17, 15) is 0 Å². The van der Waals surface area contributed by atoms with E-state index in [0.29, 0.717) is 5.57 Å². The lowest BCUT2D eigenvalue weighted by Crippen LogP contribution is -1.98. The predicted octanol–water partition coefficient (Wildman–Crippen LogP) is 2.85. The van der Waals surface area contributed by atoms with Gasteiger partial charge < -0.3 is 5.32 Å². The molecule has 0 spiro atoms. The summed E-state index contributed by atoms with van der Waals surface area (Å²) in [7, 11) is 0. The zero-order valence-electron chi connectivity index (χ0n) is 9.55. The number of nitrogens with zero attached hydrogens (tertiary/aromatic N) is 2. The van der Waals surface area contributed by atoms with Crippen LogP contribution in [0, 0.1) is 32.1 Å². The van der Waals surface area contributed by atoms with Crippen LogP contribution in [-0.4, -0.2) is 4.98 Å². The van der Waals surface area contributed by atoms with Crippen LogP contribution >= 0.6 is 0 Å². The van der Waals surface area contributed by atoms with Gasteiger partial charge >= 0.3 is 0 Å².